The van der Waals surface area contributed by atoms with Crippen LogP contribution >= 0.6 is 0 Å². The molecule has 1 unspecified atom stereocenters. The predicted octanol–water partition coefficient (Wildman–Crippen LogP) is 0.532. The first-order valence-electron chi connectivity index (χ1n) is 4.03. The van der Waals surface area contributed by atoms with Crippen LogP contribution in [0.1, 0.15) is 11.6 Å². The summed E-state index contributed by atoms with van der Waals surface area (Å²) < 4.78 is 17.7. The first-order valence-corrected chi connectivity index (χ1v) is 4.03. The molecule has 0 saturated heterocycles. The van der Waals surface area contributed by atoms with Crippen molar-refractivity contribution in [2.75, 3.05) is 13.7 Å². The number of aliphatic hydroxyl groups excluding tert-OH is 1. The van der Waals surface area contributed by atoms with Gasteiger partial charge in [0.25, 0.3) is 0 Å². The molecular formula is C9H12FNO3. The van der Waals surface area contributed by atoms with Crippen molar-refractivity contribution in [3.8, 4) is 11.5 Å². The molecule has 78 valence electrons. The average Bonchev–Trinajstić information content (AvgIpc) is 2.17. The van der Waals surface area contributed by atoms with E-state index in [2.05, 4.69) is 0 Å². The van der Waals surface area contributed by atoms with Crippen molar-refractivity contribution in [2.24, 2.45) is 5.73 Å². The molecule has 1 aromatic carbocycles. The number of hydrogen-bond donors (Lipinski definition) is 3. The minimum absolute atomic E-state index is 0.0123. The van der Waals surface area contributed by atoms with E-state index in [0.29, 0.717) is 0 Å². The van der Waals surface area contributed by atoms with Gasteiger partial charge < -0.3 is 20.7 Å². The molecule has 0 aromatic heterocycles. The SMILES string of the molecule is COc1cc(C(N)CO)c(O)cc1F. The van der Waals surface area contributed by atoms with Gasteiger partial charge in [-0.15, -0.1) is 0 Å². The summed E-state index contributed by atoms with van der Waals surface area (Å²) in [4.78, 5) is 0. The van der Waals surface area contributed by atoms with Crippen molar-refractivity contribution in [1.82, 2.24) is 0 Å². The van der Waals surface area contributed by atoms with E-state index in [1.165, 1.54) is 13.2 Å². The highest BCUT2D eigenvalue weighted by atomic mass is 19.1. The summed E-state index contributed by atoms with van der Waals surface area (Å²) in [5.74, 6) is -0.967. The van der Waals surface area contributed by atoms with E-state index in [-0.39, 0.29) is 23.7 Å². The second-order valence-electron chi connectivity index (χ2n) is 2.83. The van der Waals surface area contributed by atoms with Crippen molar-refractivity contribution in [3.05, 3.63) is 23.5 Å². The molecule has 0 heterocycles. The first-order chi connectivity index (χ1) is 6.60. The Labute approximate surface area is 80.7 Å². The van der Waals surface area contributed by atoms with E-state index < -0.39 is 11.9 Å². The molecule has 0 aliphatic rings. The third-order valence-electron chi connectivity index (χ3n) is 1.90. The van der Waals surface area contributed by atoms with Crippen LogP contribution in [-0.2, 0) is 0 Å². The van der Waals surface area contributed by atoms with Crippen molar-refractivity contribution >= 4 is 0 Å². The molecule has 4 N–H and O–H groups in total. The lowest BCUT2D eigenvalue weighted by atomic mass is 10.1. The van der Waals surface area contributed by atoms with Gasteiger partial charge in [-0.25, -0.2) is 4.39 Å². The van der Waals surface area contributed by atoms with Gasteiger partial charge >= 0.3 is 0 Å². The molecule has 0 fully saturated rings. The topological polar surface area (TPSA) is 75.7 Å². The molecule has 5 heteroatoms. The molecule has 0 radical (unpaired) electrons. The maximum atomic E-state index is 13.0. The zero-order valence-corrected chi connectivity index (χ0v) is 7.70. The molecule has 1 atom stereocenters. The van der Waals surface area contributed by atoms with Crippen LogP contribution in [0.25, 0.3) is 0 Å². The maximum Gasteiger partial charge on any atom is 0.168 e. The van der Waals surface area contributed by atoms with Crippen molar-refractivity contribution in [2.45, 2.75) is 6.04 Å². The first kappa shape index (κ1) is 10.7. The van der Waals surface area contributed by atoms with Crippen LogP contribution in [0.15, 0.2) is 12.1 Å². The van der Waals surface area contributed by atoms with Gasteiger partial charge in [-0.2, -0.15) is 0 Å². The van der Waals surface area contributed by atoms with Gasteiger partial charge in [-0.3, -0.25) is 0 Å². The normalized spacial score (nSPS) is 12.6. The second-order valence-corrected chi connectivity index (χ2v) is 2.83. The fourth-order valence-corrected chi connectivity index (χ4v) is 1.11. The van der Waals surface area contributed by atoms with Crippen molar-refractivity contribution < 1.29 is 19.3 Å². The van der Waals surface area contributed by atoms with Crippen LogP contribution in [-0.4, -0.2) is 23.9 Å². The predicted molar refractivity (Wildman–Crippen MR) is 48.6 cm³/mol. The molecule has 0 aliphatic heterocycles. The highest BCUT2D eigenvalue weighted by Crippen LogP contribution is 2.29. The Balaban J connectivity index is 3.17. The number of hydrogen-bond acceptors (Lipinski definition) is 4. The Morgan fingerprint density at radius 2 is 2.21 bits per heavy atom. The number of ether oxygens (including phenoxy) is 1. The Bertz CT molecular complexity index is 330. The lowest BCUT2D eigenvalue weighted by Gasteiger charge is -2.12. The van der Waals surface area contributed by atoms with E-state index in [9.17, 15) is 9.50 Å². The number of aromatic hydroxyl groups is 1. The molecule has 0 aliphatic carbocycles. The lowest BCUT2D eigenvalue weighted by molar-refractivity contribution is 0.264. The summed E-state index contributed by atoms with van der Waals surface area (Å²) in [7, 11) is 1.31. The number of benzene rings is 1. The third-order valence-corrected chi connectivity index (χ3v) is 1.90. The van der Waals surface area contributed by atoms with E-state index in [1.807, 2.05) is 0 Å². The molecule has 1 aromatic rings. The summed E-state index contributed by atoms with van der Waals surface area (Å²) in [6.07, 6.45) is 0. The highest BCUT2D eigenvalue weighted by Gasteiger charge is 2.14. The molecule has 0 spiro atoms. The Kier molecular flexibility index (Phi) is 3.27. The molecular weight excluding hydrogens is 189 g/mol. The van der Waals surface area contributed by atoms with Crippen LogP contribution in [0.4, 0.5) is 4.39 Å². The summed E-state index contributed by atoms with van der Waals surface area (Å²) >= 11 is 0. The van der Waals surface area contributed by atoms with Gasteiger partial charge in [-0.05, 0) is 6.07 Å². The Morgan fingerprint density at radius 1 is 1.57 bits per heavy atom. The summed E-state index contributed by atoms with van der Waals surface area (Å²) in [5.41, 5.74) is 5.74. The minimum atomic E-state index is -0.746. The minimum Gasteiger partial charge on any atom is -0.507 e. The molecule has 1 rings (SSSR count). The highest BCUT2D eigenvalue weighted by molar-refractivity contribution is 5.42. The standard InChI is InChI=1S/C9H12FNO3/c1-14-9-2-5(7(11)4-12)8(13)3-6(9)10/h2-3,7,12-13H,4,11H2,1H3. The maximum absolute atomic E-state index is 13.0. The molecule has 0 amide bonds. The van der Waals surface area contributed by atoms with E-state index in [0.717, 1.165) is 6.07 Å². The second kappa shape index (κ2) is 4.26. The van der Waals surface area contributed by atoms with Crippen molar-refractivity contribution in [3.63, 3.8) is 0 Å². The quantitative estimate of drug-likeness (QED) is 0.666. The average molecular weight is 201 g/mol. The van der Waals surface area contributed by atoms with Crippen LogP contribution in [0, 0.1) is 5.82 Å². The fraction of sp³-hybridized carbons (Fsp3) is 0.333. The summed E-state index contributed by atoms with van der Waals surface area (Å²) in [6.45, 7) is -0.331. The number of halogens is 1. The van der Waals surface area contributed by atoms with E-state index in [4.69, 9.17) is 15.6 Å². The molecule has 0 bridgehead atoms. The summed E-state index contributed by atoms with van der Waals surface area (Å²) in [6, 6.07) is 1.43. The summed E-state index contributed by atoms with van der Waals surface area (Å²) in [5, 5.41) is 18.1. The number of methoxy groups -OCH3 is 1. The van der Waals surface area contributed by atoms with E-state index in [1.54, 1.807) is 0 Å². The van der Waals surface area contributed by atoms with Crippen molar-refractivity contribution in [1.29, 1.82) is 0 Å². The number of phenolic OH excluding ortho intramolecular Hbond substituents is 1. The van der Waals surface area contributed by atoms with Gasteiger partial charge in [0, 0.05) is 11.6 Å². The number of phenols is 1. The van der Waals surface area contributed by atoms with Gasteiger partial charge in [0.15, 0.2) is 11.6 Å². The monoisotopic (exact) mass is 201 g/mol. The lowest BCUT2D eigenvalue weighted by Crippen LogP contribution is -2.14. The number of nitrogens with two attached hydrogens (primary N) is 1. The zero-order chi connectivity index (χ0) is 10.7. The molecule has 0 saturated carbocycles. The Hall–Kier alpha value is -1.33. The van der Waals surface area contributed by atoms with Crippen LogP contribution in [0.5, 0.6) is 11.5 Å². The fourth-order valence-electron chi connectivity index (χ4n) is 1.11. The van der Waals surface area contributed by atoms with Gasteiger partial charge in [0.1, 0.15) is 5.75 Å². The molecule has 14 heavy (non-hydrogen) atoms. The third kappa shape index (κ3) is 1.94. The van der Waals surface area contributed by atoms with Gasteiger partial charge in [-0.1, -0.05) is 0 Å². The van der Waals surface area contributed by atoms with Crippen LogP contribution < -0.4 is 10.5 Å². The molecule has 4 nitrogen and oxygen atoms in total. The largest absolute Gasteiger partial charge is 0.507 e. The van der Waals surface area contributed by atoms with Gasteiger partial charge in [0.2, 0.25) is 0 Å². The van der Waals surface area contributed by atoms with Gasteiger partial charge in [0.05, 0.1) is 19.8 Å². The van der Waals surface area contributed by atoms with Crippen LogP contribution in [0.2, 0.25) is 0 Å². The zero-order valence-electron chi connectivity index (χ0n) is 7.70. The number of rotatable bonds is 3. The Morgan fingerprint density at radius 3 is 2.71 bits per heavy atom. The number of aliphatic hydroxyl groups is 1. The van der Waals surface area contributed by atoms with Crippen LogP contribution in [0.3, 0.4) is 0 Å². The smallest absolute Gasteiger partial charge is 0.168 e. The van der Waals surface area contributed by atoms with E-state index >= 15 is 0 Å².